The van der Waals surface area contributed by atoms with E-state index in [9.17, 15) is 18.4 Å². The highest BCUT2D eigenvalue weighted by atomic mass is 35.5. The lowest BCUT2D eigenvalue weighted by molar-refractivity contribution is -0.234. The SMILES string of the molecule is COc1cc(-n2cnc3cc(-c4ccc(Cl)cc4)sc3c2=O)ccc1OCC1(OC(=O)[C@H](C)N)CC(F)(F)C1. The molecular weight excluding hydrogens is 552 g/mol. The fourth-order valence-electron chi connectivity index (χ4n) is 4.39. The minimum absolute atomic E-state index is 0.232. The minimum atomic E-state index is -2.96. The average molecular weight is 576 g/mol. The molecule has 1 saturated carbocycles. The van der Waals surface area contributed by atoms with E-state index >= 15 is 0 Å². The maximum Gasteiger partial charge on any atom is 0.323 e. The summed E-state index contributed by atoms with van der Waals surface area (Å²) in [4.78, 5) is 30.7. The third kappa shape index (κ3) is 5.47. The Labute approximate surface area is 230 Å². The zero-order valence-electron chi connectivity index (χ0n) is 20.9. The number of thiophene rings is 1. The van der Waals surface area contributed by atoms with E-state index in [0.717, 1.165) is 10.4 Å². The lowest BCUT2D eigenvalue weighted by Gasteiger charge is -2.45. The molecular formula is C27H24ClF2N3O5S. The number of alkyl halides is 2. The summed E-state index contributed by atoms with van der Waals surface area (Å²) in [6, 6.07) is 13.0. The summed E-state index contributed by atoms with van der Waals surface area (Å²) in [5.74, 6) is -3.26. The predicted molar refractivity (Wildman–Crippen MR) is 144 cm³/mol. The molecule has 0 aliphatic heterocycles. The Morgan fingerprint density at radius 1 is 1.18 bits per heavy atom. The monoisotopic (exact) mass is 575 g/mol. The van der Waals surface area contributed by atoms with Crippen LogP contribution >= 0.6 is 22.9 Å². The van der Waals surface area contributed by atoms with Crippen LogP contribution in [0, 0.1) is 0 Å². The van der Waals surface area contributed by atoms with Crippen LogP contribution in [0.25, 0.3) is 26.3 Å². The van der Waals surface area contributed by atoms with Gasteiger partial charge in [0.1, 0.15) is 23.7 Å². The Bertz CT molecular complexity index is 1600. The van der Waals surface area contributed by atoms with Crippen molar-refractivity contribution in [3.63, 3.8) is 0 Å². The molecule has 0 amide bonds. The lowest BCUT2D eigenvalue weighted by Crippen LogP contribution is -2.59. The van der Waals surface area contributed by atoms with Crippen LogP contribution in [-0.2, 0) is 9.53 Å². The summed E-state index contributed by atoms with van der Waals surface area (Å²) in [6.07, 6.45) is 0.0920. The second kappa shape index (κ2) is 10.2. The molecule has 5 rings (SSSR count). The van der Waals surface area contributed by atoms with Crippen molar-refractivity contribution in [1.82, 2.24) is 9.55 Å². The fourth-order valence-corrected chi connectivity index (χ4v) is 5.56. The molecule has 4 aromatic rings. The molecule has 0 bridgehead atoms. The number of rotatable bonds is 8. The van der Waals surface area contributed by atoms with Gasteiger partial charge in [-0.05, 0) is 42.8 Å². The highest BCUT2D eigenvalue weighted by Crippen LogP contribution is 2.48. The Balaban J connectivity index is 1.40. The molecule has 1 fully saturated rings. The van der Waals surface area contributed by atoms with Gasteiger partial charge in [0.2, 0.25) is 0 Å². The highest BCUT2D eigenvalue weighted by Gasteiger charge is 2.60. The second-order valence-electron chi connectivity index (χ2n) is 9.48. The first-order valence-electron chi connectivity index (χ1n) is 11.9. The third-order valence-corrected chi connectivity index (χ3v) is 7.75. The van der Waals surface area contributed by atoms with Crippen molar-refractivity contribution in [1.29, 1.82) is 0 Å². The van der Waals surface area contributed by atoms with Crippen LogP contribution in [0.2, 0.25) is 5.02 Å². The summed E-state index contributed by atoms with van der Waals surface area (Å²) in [6.45, 7) is 1.10. The number of nitrogens with two attached hydrogens (primary N) is 1. The lowest BCUT2D eigenvalue weighted by atomic mass is 9.77. The van der Waals surface area contributed by atoms with E-state index in [1.54, 1.807) is 30.3 Å². The Kier molecular flexibility index (Phi) is 7.08. The second-order valence-corrected chi connectivity index (χ2v) is 11.0. The van der Waals surface area contributed by atoms with E-state index < -0.39 is 36.4 Å². The Morgan fingerprint density at radius 3 is 2.54 bits per heavy atom. The molecule has 0 unspecified atom stereocenters. The van der Waals surface area contributed by atoms with Crippen molar-refractivity contribution in [3.05, 3.63) is 70.2 Å². The van der Waals surface area contributed by atoms with Gasteiger partial charge in [-0.3, -0.25) is 14.2 Å². The number of esters is 1. The maximum atomic E-state index is 13.7. The van der Waals surface area contributed by atoms with Crippen molar-refractivity contribution in [2.75, 3.05) is 13.7 Å². The van der Waals surface area contributed by atoms with E-state index in [2.05, 4.69) is 4.98 Å². The first kappa shape index (κ1) is 27.0. The number of halogens is 3. The summed E-state index contributed by atoms with van der Waals surface area (Å²) < 4.78 is 45.8. The van der Waals surface area contributed by atoms with E-state index in [4.69, 9.17) is 31.5 Å². The molecule has 39 heavy (non-hydrogen) atoms. The van der Waals surface area contributed by atoms with Crippen LogP contribution in [0.15, 0.2) is 59.7 Å². The molecule has 0 saturated heterocycles. The molecule has 1 aliphatic carbocycles. The van der Waals surface area contributed by atoms with Gasteiger partial charge in [-0.2, -0.15) is 0 Å². The number of hydrogen-bond donors (Lipinski definition) is 1. The maximum absolute atomic E-state index is 13.7. The number of nitrogens with zero attached hydrogens (tertiary/aromatic N) is 2. The zero-order valence-corrected chi connectivity index (χ0v) is 22.5. The zero-order chi connectivity index (χ0) is 27.9. The first-order valence-corrected chi connectivity index (χ1v) is 13.1. The number of aromatic nitrogens is 2. The molecule has 1 atom stereocenters. The molecule has 1 aliphatic rings. The predicted octanol–water partition coefficient (Wildman–Crippen LogP) is 5.21. The van der Waals surface area contributed by atoms with Crippen molar-refractivity contribution in [2.24, 2.45) is 5.73 Å². The Morgan fingerprint density at radius 2 is 1.90 bits per heavy atom. The smallest absolute Gasteiger partial charge is 0.323 e. The van der Waals surface area contributed by atoms with Crippen molar-refractivity contribution in [2.45, 2.75) is 37.3 Å². The molecule has 2 heterocycles. The van der Waals surface area contributed by atoms with Gasteiger partial charge < -0.3 is 19.9 Å². The molecule has 2 N–H and O–H groups in total. The van der Waals surface area contributed by atoms with Gasteiger partial charge in [0.15, 0.2) is 17.1 Å². The van der Waals surface area contributed by atoms with Gasteiger partial charge >= 0.3 is 5.97 Å². The van der Waals surface area contributed by atoms with E-state index in [0.29, 0.717) is 20.9 Å². The van der Waals surface area contributed by atoms with Gasteiger partial charge in [0.05, 0.1) is 31.2 Å². The number of carbonyl (C=O) groups is 1. The summed E-state index contributed by atoms with van der Waals surface area (Å²) >= 11 is 7.31. The van der Waals surface area contributed by atoms with Crippen LogP contribution < -0.4 is 20.8 Å². The van der Waals surface area contributed by atoms with Gasteiger partial charge in [-0.1, -0.05) is 23.7 Å². The molecule has 2 aromatic heterocycles. The number of methoxy groups -OCH3 is 1. The normalized spacial score (nSPS) is 16.4. The van der Waals surface area contributed by atoms with Gasteiger partial charge in [0.25, 0.3) is 11.5 Å². The minimum Gasteiger partial charge on any atom is -0.493 e. The van der Waals surface area contributed by atoms with Crippen molar-refractivity contribution < 1.29 is 27.8 Å². The van der Waals surface area contributed by atoms with Gasteiger partial charge in [-0.25, -0.2) is 13.8 Å². The number of ether oxygens (including phenoxy) is 3. The number of hydrogen-bond acceptors (Lipinski definition) is 8. The van der Waals surface area contributed by atoms with E-state index in [-0.39, 0.29) is 23.7 Å². The molecule has 2 aromatic carbocycles. The largest absolute Gasteiger partial charge is 0.493 e. The summed E-state index contributed by atoms with van der Waals surface area (Å²) in [5, 5.41) is 0.619. The van der Waals surface area contributed by atoms with Gasteiger partial charge in [0, 0.05) is 16.0 Å². The van der Waals surface area contributed by atoms with Gasteiger partial charge in [-0.15, -0.1) is 11.3 Å². The highest BCUT2D eigenvalue weighted by molar-refractivity contribution is 7.22. The van der Waals surface area contributed by atoms with Crippen LogP contribution in [0.1, 0.15) is 19.8 Å². The third-order valence-electron chi connectivity index (χ3n) is 6.33. The Hall–Kier alpha value is -3.54. The van der Waals surface area contributed by atoms with Crippen LogP contribution in [-0.4, -0.2) is 46.8 Å². The number of fused-ring (bicyclic) bond motifs is 1. The molecule has 0 spiro atoms. The molecule has 12 heteroatoms. The van der Waals surface area contributed by atoms with Crippen LogP contribution in [0.3, 0.4) is 0 Å². The molecule has 8 nitrogen and oxygen atoms in total. The van der Waals surface area contributed by atoms with Crippen LogP contribution in [0.5, 0.6) is 11.5 Å². The number of benzene rings is 2. The van der Waals surface area contributed by atoms with Crippen molar-refractivity contribution in [3.8, 4) is 27.6 Å². The summed E-state index contributed by atoms with van der Waals surface area (Å²) in [5.41, 5.74) is 5.74. The fraction of sp³-hybridized carbons (Fsp3) is 0.296. The standard InChI is InChI=1S/C27H24ClF2N3O5S/c1-15(31)25(35)38-26(11-27(29,30)12-26)13-37-20-8-7-18(9-21(20)36-2)33-14-32-19-10-22(39-23(19)24(33)34)16-3-5-17(28)6-4-16/h3-10,14-15H,11-13,31H2,1-2H3/t15-/m0/s1. The first-order chi connectivity index (χ1) is 18.5. The van der Waals surface area contributed by atoms with E-state index in [1.807, 2.05) is 18.2 Å². The van der Waals surface area contributed by atoms with E-state index in [1.165, 1.54) is 36.3 Å². The quantitative estimate of drug-likeness (QED) is 0.287. The molecule has 204 valence electrons. The molecule has 0 radical (unpaired) electrons. The number of carbonyl (C=O) groups excluding carboxylic acids is 1. The van der Waals surface area contributed by atoms with Crippen LogP contribution in [0.4, 0.5) is 8.78 Å². The summed E-state index contributed by atoms with van der Waals surface area (Å²) in [7, 11) is 1.41. The van der Waals surface area contributed by atoms with Crippen molar-refractivity contribution >= 4 is 39.1 Å². The average Bonchev–Trinajstić information content (AvgIpc) is 3.32. The topological polar surface area (TPSA) is 106 Å².